The van der Waals surface area contributed by atoms with Crippen molar-refractivity contribution < 1.29 is 14.7 Å². The van der Waals surface area contributed by atoms with Gasteiger partial charge in [0.05, 0.1) is 4.91 Å². The molecule has 0 aromatic heterocycles. The van der Waals surface area contributed by atoms with Gasteiger partial charge in [0.1, 0.15) is 5.54 Å². The molecule has 1 heterocycles. The standard InChI is InChI=1S/C9H11Cl2NO3S/c1-9(2,8(14)15)12-7(13)6-4-3-5-16(6,10)11/h3-5H,1-2H3,(H,12,13)(H,14,15). The molecule has 0 atom stereocenters. The van der Waals surface area contributed by atoms with Gasteiger partial charge in [-0.05, 0) is 55.2 Å². The van der Waals surface area contributed by atoms with Gasteiger partial charge < -0.3 is 10.4 Å². The third kappa shape index (κ3) is 2.72. The minimum atomic E-state index is -2.26. The van der Waals surface area contributed by atoms with Crippen LogP contribution in [0.2, 0.25) is 0 Å². The Kier molecular flexibility index (Phi) is 3.62. The molecule has 1 rings (SSSR count). The summed E-state index contributed by atoms with van der Waals surface area (Å²) < 4.78 is 0. The summed E-state index contributed by atoms with van der Waals surface area (Å²) >= 11 is 0. The third-order valence-electron chi connectivity index (χ3n) is 1.97. The number of hydrogen-bond donors (Lipinski definition) is 2. The zero-order valence-corrected chi connectivity index (χ0v) is 11.0. The van der Waals surface area contributed by atoms with Gasteiger partial charge in [0.15, 0.2) is 0 Å². The topological polar surface area (TPSA) is 66.4 Å². The molecule has 0 saturated heterocycles. The zero-order chi connectivity index (χ0) is 12.6. The van der Waals surface area contributed by atoms with Crippen LogP contribution in [-0.4, -0.2) is 22.5 Å². The first-order valence-electron chi connectivity index (χ1n) is 4.34. The van der Waals surface area contributed by atoms with Crippen molar-refractivity contribution in [3.05, 3.63) is 22.5 Å². The van der Waals surface area contributed by atoms with E-state index in [1.54, 1.807) is 6.08 Å². The van der Waals surface area contributed by atoms with Crippen LogP contribution in [0, 0.1) is 0 Å². The highest BCUT2D eigenvalue weighted by Crippen LogP contribution is 2.68. The molecule has 16 heavy (non-hydrogen) atoms. The zero-order valence-electron chi connectivity index (χ0n) is 8.66. The van der Waals surface area contributed by atoms with E-state index in [9.17, 15) is 9.59 Å². The van der Waals surface area contributed by atoms with Crippen LogP contribution in [0.1, 0.15) is 13.8 Å². The van der Waals surface area contributed by atoms with Crippen molar-refractivity contribution >= 4 is 41.7 Å². The van der Waals surface area contributed by atoms with Crippen LogP contribution in [0.4, 0.5) is 0 Å². The second-order valence-electron chi connectivity index (χ2n) is 3.75. The van der Waals surface area contributed by atoms with Gasteiger partial charge >= 0.3 is 5.97 Å². The maximum absolute atomic E-state index is 11.8. The van der Waals surface area contributed by atoms with Crippen molar-refractivity contribution in [1.82, 2.24) is 5.32 Å². The Morgan fingerprint density at radius 3 is 2.38 bits per heavy atom. The molecule has 0 aromatic carbocycles. The van der Waals surface area contributed by atoms with E-state index in [4.69, 9.17) is 26.5 Å². The molecule has 7 heteroatoms. The fourth-order valence-electron chi connectivity index (χ4n) is 0.988. The summed E-state index contributed by atoms with van der Waals surface area (Å²) in [6, 6.07) is 0. The van der Waals surface area contributed by atoms with E-state index in [1.807, 2.05) is 0 Å². The molecule has 0 fully saturated rings. The van der Waals surface area contributed by atoms with Gasteiger partial charge in [-0.2, -0.15) is 0 Å². The summed E-state index contributed by atoms with van der Waals surface area (Å²) in [7, 11) is 9.58. The van der Waals surface area contributed by atoms with Gasteiger partial charge in [0.2, 0.25) is 0 Å². The average Bonchev–Trinajstić information content (AvgIpc) is 2.43. The number of amides is 1. The summed E-state index contributed by atoms with van der Waals surface area (Å²) in [6.45, 7) is 2.77. The van der Waals surface area contributed by atoms with Crippen molar-refractivity contribution in [3.8, 4) is 0 Å². The Labute approximate surface area is 104 Å². The van der Waals surface area contributed by atoms with E-state index in [2.05, 4.69) is 5.32 Å². The number of carboxylic acids is 1. The second kappa shape index (κ2) is 4.31. The Morgan fingerprint density at radius 2 is 2.00 bits per heavy atom. The van der Waals surface area contributed by atoms with Gasteiger partial charge in [-0.25, -0.2) is 4.79 Å². The number of aliphatic carboxylic acids is 1. The van der Waals surface area contributed by atoms with Gasteiger partial charge in [0, 0.05) is 0 Å². The van der Waals surface area contributed by atoms with E-state index in [1.165, 1.54) is 25.3 Å². The van der Waals surface area contributed by atoms with Crippen LogP contribution in [0.3, 0.4) is 0 Å². The number of carbonyl (C=O) groups is 2. The van der Waals surface area contributed by atoms with Crippen LogP contribution >= 0.6 is 29.8 Å². The number of carbonyl (C=O) groups excluding carboxylic acids is 1. The molecule has 90 valence electrons. The van der Waals surface area contributed by atoms with Crippen LogP contribution < -0.4 is 5.32 Å². The van der Waals surface area contributed by atoms with Crippen LogP contribution in [-0.2, 0) is 9.59 Å². The Bertz CT molecular complexity index is 402. The van der Waals surface area contributed by atoms with Crippen molar-refractivity contribution in [1.29, 1.82) is 0 Å². The van der Waals surface area contributed by atoms with E-state index >= 15 is 0 Å². The van der Waals surface area contributed by atoms with E-state index < -0.39 is 25.9 Å². The first kappa shape index (κ1) is 13.4. The average molecular weight is 284 g/mol. The van der Waals surface area contributed by atoms with Gasteiger partial charge in [-0.1, -0.05) is 6.08 Å². The lowest BCUT2D eigenvalue weighted by molar-refractivity contribution is -0.145. The number of allylic oxidation sites excluding steroid dienone is 2. The molecule has 0 spiro atoms. The summed E-state index contributed by atoms with van der Waals surface area (Å²) in [5.41, 5.74) is -1.36. The highest BCUT2D eigenvalue weighted by Gasteiger charge is 2.35. The fraction of sp³-hybridized carbons (Fsp3) is 0.333. The molecular weight excluding hydrogens is 273 g/mol. The van der Waals surface area contributed by atoms with Gasteiger partial charge in [-0.15, -0.1) is 0 Å². The molecule has 1 aliphatic heterocycles. The van der Waals surface area contributed by atoms with Crippen LogP contribution in [0.5, 0.6) is 0 Å². The molecule has 1 amide bonds. The smallest absolute Gasteiger partial charge is 0.328 e. The molecule has 0 bridgehead atoms. The number of rotatable bonds is 3. The van der Waals surface area contributed by atoms with Crippen molar-refractivity contribution in [2.24, 2.45) is 0 Å². The van der Waals surface area contributed by atoms with Crippen LogP contribution in [0.15, 0.2) is 22.5 Å². The molecule has 0 aromatic rings. The van der Waals surface area contributed by atoms with Crippen molar-refractivity contribution in [2.75, 3.05) is 0 Å². The molecule has 2 N–H and O–H groups in total. The largest absolute Gasteiger partial charge is 0.480 e. The van der Waals surface area contributed by atoms with E-state index in [0.717, 1.165) is 0 Å². The molecule has 1 aliphatic rings. The molecule has 0 saturated carbocycles. The minimum absolute atomic E-state index is 0.199. The van der Waals surface area contributed by atoms with Crippen molar-refractivity contribution in [3.63, 3.8) is 0 Å². The van der Waals surface area contributed by atoms with E-state index in [-0.39, 0.29) is 4.91 Å². The van der Waals surface area contributed by atoms with Gasteiger partial charge in [-0.3, -0.25) is 4.79 Å². The summed E-state index contributed by atoms with van der Waals surface area (Å²) in [4.78, 5) is 22.8. The van der Waals surface area contributed by atoms with Crippen LogP contribution in [0.25, 0.3) is 0 Å². The number of hydrogen-bond acceptors (Lipinski definition) is 2. The lowest BCUT2D eigenvalue weighted by Crippen LogP contribution is -2.50. The molecule has 0 radical (unpaired) electrons. The predicted octanol–water partition coefficient (Wildman–Crippen LogP) is 2.49. The monoisotopic (exact) mass is 283 g/mol. The fourth-order valence-corrected chi connectivity index (χ4v) is 3.05. The Balaban J connectivity index is 2.80. The third-order valence-corrected chi connectivity index (χ3v) is 5.00. The maximum atomic E-state index is 11.8. The lowest BCUT2D eigenvalue weighted by Gasteiger charge is -2.25. The summed E-state index contributed by atoms with van der Waals surface area (Å²) in [5.74, 6) is -1.69. The predicted molar refractivity (Wildman–Crippen MR) is 66.4 cm³/mol. The number of carboxylic acid groups (broad SMARTS) is 1. The van der Waals surface area contributed by atoms with Crippen molar-refractivity contribution in [2.45, 2.75) is 19.4 Å². The normalized spacial score (nSPS) is 20.1. The quantitative estimate of drug-likeness (QED) is 0.836. The molecular formula is C9H11Cl2NO3S. The summed E-state index contributed by atoms with van der Waals surface area (Å²) in [6.07, 6.45) is 3.07. The van der Waals surface area contributed by atoms with E-state index in [0.29, 0.717) is 0 Å². The highest BCUT2D eigenvalue weighted by atomic mass is 36.0. The lowest BCUT2D eigenvalue weighted by atomic mass is 10.1. The first-order valence-corrected chi connectivity index (χ1v) is 7.68. The second-order valence-corrected chi connectivity index (χ2v) is 8.88. The first-order chi connectivity index (χ1) is 7.17. The maximum Gasteiger partial charge on any atom is 0.328 e. The Hall–Kier alpha value is -0.650. The number of halogens is 2. The molecule has 0 aliphatic carbocycles. The molecule has 0 unspecified atom stereocenters. The Morgan fingerprint density at radius 1 is 1.44 bits per heavy atom. The van der Waals surface area contributed by atoms with Gasteiger partial charge in [0.25, 0.3) is 5.91 Å². The number of nitrogens with one attached hydrogen (secondary N) is 1. The minimum Gasteiger partial charge on any atom is -0.480 e. The summed E-state index contributed by atoms with van der Waals surface area (Å²) in [5, 5.41) is 12.7. The highest BCUT2D eigenvalue weighted by molar-refractivity contribution is 8.70. The SMILES string of the molecule is CC(C)(NC(=O)C1=CC=CS1(Cl)Cl)C(=O)O. The molecule has 4 nitrogen and oxygen atoms in total.